The molecule has 0 spiro atoms. The average molecular weight is 328 g/mol. The molecule has 0 bridgehead atoms. The third-order valence-electron chi connectivity index (χ3n) is 4.21. The van der Waals surface area contributed by atoms with E-state index in [1.807, 2.05) is 25.1 Å². The predicted octanol–water partition coefficient (Wildman–Crippen LogP) is 1.48. The van der Waals surface area contributed by atoms with E-state index in [-0.39, 0.29) is 0 Å². The second-order valence-electron chi connectivity index (χ2n) is 6.20. The lowest BCUT2D eigenvalue weighted by Gasteiger charge is -2.36. The van der Waals surface area contributed by atoms with E-state index in [1.165, 1.54) is 11.8 Å². The summed E-state index contributed by atoms with van der Waals surface area (Å²) in [6, 6.07) is 7.28. The van der Waals surface area contributed by atoms with Gasteiger partial charge in [-0.2, -0.15) is 5.10 Å². The molecule has 7 nitrogen and oxygen atoms in total. The molecule has 0 saturated carbocycles. The average Bonchev–Trinajstić information content (AvgIpc) is 2.93. The molecule has 1 aliphatic rings. The van der Waals surface area contributed by atoms with E-state index < -0.39 is 17.4 Å². The fourth-order valence-corrected chi connectivity index (χ4v) is 2.71. The van der Waals surface area contributed by atoms with Crippen molar-refractivity contribution in [2.45, 2.75) is 26.0 Å². The molecule has 1 aromatic carbocycles. The van der Waals surface area contributed by atoms with Crippen LogP contribution in [0.15, 0.2) is 30.5 Å². The molecule has 1 aliphatic heterocycles. The first-order valence-electron chi connectivity index (χ1n) is 7.65. The molecule has 1 atom stereocenters. The largest absolute Gasteiger partial charge is 0.466 e. The number of likely N-dealkylation sites (N-methyl/N-ethyl adjacent to an activating group) is 1. The Morgan fingerprint density at radius 2 is 2.17 bits per heavy atom. The van der Waals surface area contributed by atoms with E-state index in [0.717, 1.165) is 11.3 Å². The number of aryl methyl sites for hydroxylation is 2. The summed E-state index contributed by atoms with van der Waals surface area (Å²) in [5.74, 6) is -0.389. The van der Waals surface area contributed by atoms with Gasteiger partial charge in [0.2, 0.25) is 0 Å². The maximum Gasteiger partial charge on any atom is 0.278 e. The number of nitrogens with one attached hydrogen (secondary N) is 1. The van der Waals surface area contributed by atoms with Crippen molar-refractivity contribution in [3.8, 4) is 5.75 Å². The molecule has 1 aromatic heterocycles. The number of benzene rings is 1. The minimum absolute atomic E-state index is 0.336. The maximum atomic E-state index is 12.9. The molecule has 2 heterocycles. The van der Waals surface area contributed by atoms with Crippen LogP contribution in [0.1, 0.15) is 18.2 Å². The summed E-state index contributed by atoms with van der Waals surface area (Å²) < 4.78 is 7.48. The Bertz CT molecular complexity index is 814. The van der Waals surface area contributed by atoms with E-state index in [0.29, 0.717) is 18.0 Å². The highest BCUT2D eigenvalue weighted by Crippen LogP contribution is 2.35. The van der Waals surface area contributed by atoms with Crippen LogP contribution in [0.4, 0.5) is 5.69 Å². The molecule has 2 amide bonds. The Morgan fingerprint density at radius 1 is 1.42 bits per heavy atom. The molecule has 7 heteroatoms. The molecule has 0 aliphatic carbocycles. The molecular weight excluding hydrogens is 308 g/mol. The zero-order chi connectivity index (χ0) is 17.5. The van der Waals surface area contributed by atoms with Crippen molar-refractivity contribution in [1.29, 1.82) is 0 Å². The first kappa shape index (κ1) is 16.0. The number of hydrogen-bond donors (Lipinski definition) is 1. The molecule has 0 saturated heterocycles. The first-order valence-corrected chi connectivity index (χ1v) is 7.65. The van der Waals surface area contributed by atoms with Crippen LogP contribution < -0.4 is 10.1 Å². The number of hydrogen-bond acceptors (Lipinski definition) is 4. The van der Waals surface area contributed by atoms with E-state index >= 15 is 0 Å². The molecule has 1 unspecified atom stereocenters. The highest BCUT2D eigenvalue weighted by atomic mass is 16.5. The third-order valence-corrected chi connectivity index (χ3v) is 4.21. The second-order valence-corrected chi connectivity index (χ2v) is 6.20. The maximum absolute atomic E-state index is 12.9. The zero-order valence-electron chi connectivity index (χ0n) is 14.2. The van der Waals surface area contributed by atoms with E-state index in [9.17, 15) is 9.59 Å². The number of ether oxygens (including phenoxy) is 1. The summed E-state index contributed by atoms with van der Waals surface area (Å²) in [6.45, 7) is 3.75. The van der Waals surface area contributed by atoms with Gasteiger partial charge >= 0.3 is 0 Å². The van der Waals surface area contributed by atoms with Crippen LogP contribution >= 0.6 is 0 Å². The highest BCUT2D eigenvalue weighted by molar-refractivity contribution is 6.15. The predicted molar refractivity (Wildman–Crippen MR) is 88.5 cm³/mol. The van der Waals surface area contributed by atoms with Crippen LogP contribution in [0.2, 0.25) is 0 Å². The summed E-state index contributed by atoms with van der Waals surface area (Å²) in [7, 11) is 3.44. The van der Waals surface area contributed by atoms with Gasteiger partial charge in [-0.1, -0.05) is 6.07 Å². The summed E-state index contributed by atoms with van der Waals surface area (Å²) in [4.78, 5) is 26.8. The quantitative estimate of drug-likeness (QED) is 0.866. The number of carbonyl (C=O) groups excluding carboxylic acids is 2. The van der Waals surface area contributed by atoms with Gasteiger partial charge < -0.3 is 15.0 Å². The Balaban J connectivity index is 1.84. The summed E-state index contributed by atoms with van der Waals surface area (Å²) >= 11 is 0. The molecule has 0 fully saturated rings. The Hall–Kier alpha value is -2.83. The smallest absolute Gasteiger partial charge is 0.278 e. The molecular formula is C17H20N4O3. The summed E-state index contributed by atoms with van der Waals surface area (Å²) in [5, 5.41) is 6.85. The Labute approximate surface area is 140 Å². The van der Waals surface area contributed by atoms with E-state index in [4.69, 9.17) is 4.74 Å². The fraction of sp³-hybridized carbons (Fsp3) is 0.353. The van der Waals surface area contributed by atoms with Crippen molar-refractivity contribution in [2.75, 3.05) is 12.4 Å². The standard InChI is InChI=1S/C17H20N4O3/c1-11-5-6-14-13(9-11)19-15(22)17(2,24-14)16(23)20(3)10-12-7-8-18-21(12)4/h5-9H,10H2,1-4H3,(H,19,22). The molecule has 2 aromatic rings. The highest BCUT2D eigenvalue weighted by Gasteiger charge is 2.48. The number of anilines is 1. The normalized spacial score (nSPS) is 19.2. The minimum atomic E-state index is -1.60. The number of carbonyl (C=O) groups is 2. The van der Waals surface area contributed by atoms with Crippen LogP contribution in [0.3, 0.4) is 0 Å². The zero-order valence-corrected chi connectivity index (χ0v) is 14.2. The van der Waals surface area contributed by atoms with Crippen molar-refractivity contribution in [2.24, 2.45) is 7.05 Å². The van der Waals surface area contributed by atoms with Crippen LogP contribution in [-0.2, 0) is 23.2 Å². The van der Waals surface area contributed by atoms with Crippen molar-refractivity contribution >= 4 is 17.5 Å². The molecule has 126 valence electrons. The Morgan fingerprint density at radius 3 is 2.83 bits per heavy atom. The van der Waals surface area contributed by atoms with Crippen molar-refractivity contribution in [1.82, 2.24) is 14.7 Å². The monoisotopic (exact) mass is 328 g/mol. The number of amides is 2. The number of fused-ring (bicyclic) bond motifs is 1. The van der Waals surface area contributed by atoms with Crippen LogP contribution in [0, 0.1) is 6.92 Å². The third kappa shape index (κ3) is 2.62. The second kappa shape index (κ2) is 5.67. The SMILES string of the molecule is Cc1ccc2c(c1)NC(=O)C(C)(C(=O)N(C)Cc1ccnn1C)O2. The molecule has 3 rings (SSSR count). The molecule has 1 N–H and O–H groups in total. The van der Waals surface area contributed by atoms with Crippen LogP contribution in [0.25, 0.3) is 0 Å². The van der Waals surface area contributed by atoms with Gasteiger partial charge in [0, 0.05) is 20.3 Å². The van der Waals surface area contributed by atoms with Gasteiger partial charge in [0.25, 0.3) is 17.4 Å². The van der Waals surface area contributed by atoms with Gasteiger partial charge in [0.15, 0.2) is 0 Å². The van der Waals surface area contributed by atoms with Crippen molar-refractivity contribution in [3.63, 3.8) is 0 Å². The lowest BCUT2D eigenvalue weighted by atomic mass is 10.0. The summed E-state index contributed by atoms with van der Waals surface area (Å²) in [5.41, 5.74) is 0.845. The molecule has 0 radical (unpaired) electrons. The van der Waals surface area contributed by atoms with Crippen molar-refractivity contribution < 1.29 is 14.3 Å². The van der Waals surface area contributed by atoms with Crippen LogP contribution in [-0.4, -0.2) is 39.1 Å². The summed E-state index contributed by atoms with van der Waals surface area (Å²) in [6.07, 6.45) is 1.66. The number of nitrogens with zero attached hydrogens (tertiary/aromatic N) is 3. The lowest BCUT2D eigenvalue weighted by Crippen LogP contribution is -2.58. The van der Waals surface area contributed by atoms with Gasteiger partial charge in [-0.05, 0) is 37.6 Å². The van der Waals surface area contributed by atoms with Gasteiger partial charge in [0.05, 0.1) is 17.9 Å². The Kier molecular flexibility index (Phi) is 3.79. The lowest BCUT2D eigenvalue weighted by molar-refractivity contribution is -0.154. The van der Waals surface area contributed by atoms with E-state index in [1.54, 1.807) is 31.0 Å². The fourth-order valence-electron chi connectivity index (χ4n) is 2.71. The minimum Gasteiger partial charge on any atom is -0.466 e. The first-order chi connectivity index (χ1) is 11.3. The van der Waals surface area contributed by atoms with E-state index in [2.05, 4.69) is 10.4 Å². The number of rotatable bonds is 3. The van der Waals surface area contributed by atoms with Gasteiger partial charge in [-0.25, -0.2) is 0 Å². The van der Waals surface area contributed by atoms with Gasteiger partial charge in [-0.3, -0.25) is 14.3 Å². The number of aromatic nitrogens is 2. The molecule has 24 heavy (non-hydrogen) atoms. The van der Waals surface area contributed by atoms with Crippen LogP contribution in [0.5, 0.6) is 5.75 Å². The van der Waals surface area contributed by atoms with Gasteiger partial charge in [-0.15, -0.1) is 0 Å². The van der Waals surface area contributed by atoms with Crippen molar-refractivity contribution in [3.05, 3.63) is 41.7 Å². The topological polar surface area (TPSA) is 76.5 Å². The van der Waals surface area contributed by atoms with Gasteiger partial charge in [0.1, 0.15) is 5.75 Å².